The number of carbonyl (C=O) groups is 1. The van der Waals surface area contributed by atoms with Gasteiger partial charge in [-0.2, -0.15) is 5.10 Å². The van der Waals surface area contributed by atoms with Gasteiger partial charge < -0.3 is 14.5 Å². The molecule has 4 rings (SSSR count). The van der Waals surface area contributed by atoms with Crippen LogP contribution in [0.15, 0.2) is 36.8 Å². The van der Waals surface area contributed by atoms with Crippen molar-refractivity contribution in [3.05, 3.63) is 48.0 Å². The second-order valence-electron chi connectivity index (χ2n) is 7.99. The zero-order valence-corrected chi connectivity index (χ0v) is 16.0. The number of aryl methyl sites for hydroxylation is 1. The van der Waals surface area contributed by atoms with Crippen molar-refractivity contribution in [3.63, 3.8) is 0 Å². The lowest BCUT2D eigenvalue weighted by molar-refractivity contribution is -0.168. The first-order valence-electron chi connectivity index (χ1n) is 9.53. The lowest BCUT2D eigenvalue weighted by Crippen LogP contribution is -2.66. The molecule has 0 radical (unpaired) electrons. The van der Waals surface area contributed by atoms with E-state index in [1.165, 1.54) is 5.56 Å². The number of hydrogen-bond acceptors (Lipinski definition) is 5. The Morgan fingerprint density at radius 1 is 1.41 bits per heavy atom. The van der Waals surface area contributed by atoms with Crippen molar-refractivity contribution in [3.8, 4) is 0 Å². The molecule has 0 bridgehead atoms. The third-order valence-corrected chi connectivity index (χ3v) is 5.56. The van der Waals surface area contributed by atoms with Crippen LogP contribution < -0.4 is 0 Å². The normalized spacial score (nSPS) is 21.4. The molecule has 1 unspecified atom stereocenters. The molecule has 0 aromatic carbocycles. The molecule has 7 heteroatoms. The van der Waals surface area contributed by atoms with Crippen molar-refractivity contribution < 1.29 is 9.53 Å². The number of carbonyl (C=O) groups excluding carboxylic acids is 1. The SMILES string of the molecule is CN(Cc1cccnc1)CC1CCC2(CN(C(=O)c3ccn(C)n3)C2)OC1. The standard InChI is InChI=1S/C20H27N5O2/c1-23(11-16-4-3-8-21-10-16)12-17-5-7-20(27-13-17)14-25(15-20)19(26)18-6-9-24(2)22-18/h3-4,6,8-10,17H,5,7,11-15H2,1-2H3. The molecule has 144 valence electrons. The van der Waals surface area contributed by atoms with Gasteiger partial charge in [0.2, 0.25) is 0 Å². The van der Waals surface area contributed by atoms with Gasteiger partial charge in [-0.25, -0.2) is 0 Å². The second kappa shape index (κ2) is 7.40. The van der Waals surface area contributed by atoms with Crippen LogP contribution in [0.5, 0.6) is 0 Å². The summed E-state index contributed by atoms with van der Waals surface area (Å²) in [7, 11) is 3.97. The number of likely N-dealkylation sites (tertiary alicyclic amines) is 1. The minimum absolute atomic E-state index is 0.00292. The quantitative estimate of drug-likeness (QED) is 0.801. The highest BCUT2D eigenvalue weighted by Crippen LogP contribution is 2.36. The number of hydrogen-bond donors (Lipinski definition) is 0. The topological polar surface area (TPSA) is 63.5 Å². The van der Waals surface area contributed by atoms with Crippen molar-refractivity contribution >= 4 is 5.91 Å². The van der Waals surface area contributed by atoms with Crippen LogP contribution in [0.25, 0.3) is 0 Å². The third-order valence-electron chi connectivity index (χ3n) is 5.56. The predicted molar refractivity (Wildman–Crippen MR) is 101 cm³/mol. The van der Waals surface area contributed by atoms with Crippen molar-refractivity contribution in [2.75, 3.05) is 33.3 Å². The van der Waals surface area contributed by atoms with Crippen molar-refractivity contribution in [2.45, 2.75) is 25.0 Å². The van der Waals surface area contributed by atoms with Crippen LogP contribution in [0.4, 0.5) is 0 Å². The summed E-state index contributed by atoms with van der Waals surface area (Å²) in [4.78, 5) is 20.8. The van der Waals surface area contributed by atoms with Crippen LogP contribution in [-0.2, 0) is 18.3 Å². The smallest absolute Gasteiger partial charge is 0.274 e. The number of nitrogens with zero attached hydrogens (tertiary/aromatic N) is 5. The molecule has 27 heavy (non-hydrogen) atoms. The van der Waals surface area contributed by atoms with Gasteiger partial charge >= 0.3 is 0 Å². The Kier molecular flexibility index (Phi) is 4.97. The Labute approximate surface area is 159 Å². The molecule has 2 aliphatic heterocycles. The Balaban J connectivity index is 1.22. The molecule has 2 aliphatic rings. The minimum atomic E-state index is -0.136. The van der Waals surface area contributed by atoms with Crippen molar-refractivity contribution in [1.82, 2.24) is 24.6 Å². The van der Waals surface area contributed by atoms with E-state index in [1.54, 1.807) is 23.1 Å². The first-order chi connectivity index (χ1) is 13.0. The molecule has 1 atom stereocenters. The van der Waals surface area contributed by atoms with Crippen LogP contribution in [0.1, 0.15) is 28.9 Å². The number of aromatic nitrogens is 3. The van der Waals surface area contributed by atoms with Crippen molar-refractivity contribution in [1.29, 1.82) is 0 Å². The second-order valence-corrected chi connectivity index (χ2v) is 7.99. The molecular weight excluding hydrogens is 342 g/mol. The lowest BCUT2D eigenvalue weighted by Gasteiger charge is -2.52. The molecule has 0 aliphatic carbocycles. The highest BCUT2D eigenvalue weighted by Gasteiger charge is 2.48. The van der Waals surface area contributed by atoms with E-state index < -0.39 is 0 Å². The van der Waals surface area contributed by atoms with Crippen molar-refractivity contribution in [2.24, 2.45) is 13.0 Å². The van der Waals surface area contributed by atoms with Gasteiger partial charge in [0.05, 0.1) is 19.7 Å². The van der Waals surface area contributed by atoms with Gasteiger partial charge in [0.25, 0.3) is 5.91 Å². The fourth-order valence-electron chi connectivity index (χ4n) is 4.10. The summed E-state index contributed by atoms with van der Waals surface area (Å²) in [6, 6.07) is 5.85. The van der Waals surface area contributed by atoms with Gasteiger partial charge in [-0.1, -0.05) is 6.07 Å². The van der Waals surface area contributed by atoms with Crippen LogP contribution in [0, 0.1) is 5.92 Å². The van der Waals surface area contributed by atoms with Gasteiger partial charge in [0.1, 0.15) is 11.3 Å². The fourth-order valence-corrected chi connectivity index (χ4v) is 4.10. The summed E-state index contributed by atoms with van der Waals surface area (Å²) < 4.78 is 7.89. The largest absolute Gasteiger partial charge is 0.371 e. The minimum Gasteiger partial charge on any atom is -0.371 e. The average molecular weight is 369 g/mol. The number of pyridine rings is 1. The Morgan fingerprint density at radius 2 is 2.26 bits per heavy atom. The summed E-state index contributed by atoms with van der Waals surface area (Å²) in [5, 5.41) is 4.20. The molecule has 4 heterocycles. The first-order valence-corrected chi connectivity index (χ1v) is 9.53. The predicted octanol–water partition coefficient (Wildman–Crippen LogP) is 1.57. The molecule has 2 saturated heterocycles. The maximum absolute atomic E-state index is 12.4. The monoisotopic (exact) mass is 369 g/mol. The molecule has 7 nitrogen and oxygen atoms in total. The number of rotatable bonds is 5. The van der Waals surface area contributed by atoms with E-state index in [-0.39, 0.29) is 11.5 Å². The molecule has 2 aromatic rings. The van der Waals surface area contributed by atoms with E-state index in [4.69, 9.17) is 4.74 Å². The third kappa shape index (κ3) is 4.04. The van der Waals surface area contributed by atoms with E-state index in [1.807, 2.05) is 24.2 Å². The van der Waals surface area contributed by atoms with Crippen LogP contribution in [0.2, 0.25) is 0 Å². The van der Waals surface area contributed by atoms with E-state index in [0.29, 0.717) is 24.7 Å². The summed E-state index contributed by atoms with van der Waals surface area (Å²) in [6.45, 7) is 4.05. The van der Waals surface area contributed by atoms with Gasteiger partial charge in [-0.3, -0.25) is 14.5 Å². The van der Waals surface area contributed by atoms with E-state index in [0.717, 1.165) is 32.5 Å². The summed E-state index contributed by atoms with van der Waals surface area (Å²) in [5.74, 6) is 0.543. The van der Waals surface area contributed by atoms with Crippen LogP contribution >= 0.6 is 0 Å². The van der Waals surface area contributed by atoms with Gasteiger partial charge in [0, 0.05) is 38.7 Å². The van der Waals surface area contributed by atoms with Crippen LogP contribution in [-0.4, -0.2) is 69.4 Å². The summed E-state index contributed by atoms with van der Waals surface area (Å²) in [6.07, 6.45) is 7.68. The Hall–Kier alpha value is -2.25. The van der Waals surface area contributed by atoms with E-state index >= 15 is 0 Å². The fraction of sp³-hybridized carbons (Fsp3) is 0.550. The lowest BCUT2D eigenvalue weighted by atomic mass is 9.82. The molecule has 1 amide bonds. The molecule has 1 spiro atoms. The van der Waals surface area contributed by atoms with E-state index in [2.05, 4.69) is 28.1 Å². The molecule has 0 saturated carbocycles. The highest BCUT2D eigenvalue weighted by atomic mass is 16.5. The first kappa shape index (κ1) is 18.1. The van der Waals surface area contributed by atoms with Gasteiger partial charge in [0.15, 0.2) is 0 Å². The maximum Gasteiger partial charge on any atom is 0.274 e. The zero-order valence-electron chi connectivity index (χ0n) is 16.0. The zero-order chi connectivity index (χ0) is 18.9. The van der Waals surface area contributed by atoms with Crippen LogP contribution in [0.3, 0.4) is 0 Å². The molecular formula is C20H27N5O2. The Morgan fingerprint density at radius 3 is 2.89 bits per heavy atom. The molecule has 2 aromatic heterocycles. The summed E-state index contributed by atoms with van der Waals surface area (Å²) in [5.41, 5.74) is 1.61. The summed E-state index contributed by atoms with van der Waals surface area (Å²) >= 11 is 0. The molecule has 2 fully saturated rings. The number of amides is 1. The Bertz CT molecular complexity index is 775. The highest BCUT2D eigenvalue weighted by molar-refractivity contribution is 5.93. The maximum atomic E-state index is 12.4. The average Bonchev–Trinajstić information content (AvgIpc) is 3.07. The molecule has 0 N–H and O–H groups in total. The van der Waals surface area contributed by atoms with E-state index in [9.17, 15) is 4.79 Å². The number of ether oxygens (including phenoxy) is 1. The van der Waals surface area contributed by atoms with Gasteiger partial charge in [-0.15, -0.1) is 0 Å². The van der Waals surface area contributed by atoms with Gasteiger partial charge in [-0.05, 0) is 43.5 Å².